The maximum atomic E-state index is 13.4. The first kappa shape index (κ1) is 20.1. The second-order valence-electron chi connectivity index (χ2n) is 7.25. The van der Waals surface area contributed by atoms with Crippen molar-refractivity contribution in [3.63, 3.8) is 0 Å². The number of carbonyl (C=O) groups is 1. The number of fused-ring (bicyclic) bond motifs is 1. The molecule has 30 heavy (non-hydrogen) atoms. The van der Waals surface area contributed by atoms with Gasteiger partial charge in [-0.25, -0.2) is 12.8 Å². The van der Waals surface area contributed by atoms with Gasteiger partial charge in [0.05, 0.1) is 10.6 Å². The Balaban J connectivity index is 1.71. The van der Waals surface area contributed by atoms with Crippen LogP contribution in [0.25, 0.3) is 0 Å². The molecule has 7 heteroatoms. The standard InChI is InChI=1S/C23H21FN2O3S/c1-17-15-18-7-5-6-10-22(18)26(17)23(27)16-25(20-8-3-2-4-9-20)30(28,29)21-13-11-19(24)12-14-21/h2-14,17H,15-16H2,1H3. The molecule has 1 heterocycles. The van der Waals surface area contributed by atoms with Crippen molar-refractivity contribution in [1.29, 1.82) is 0 Å². The minimum absolute atomic E-state index is 0.0685. The summed E-state index contributed by atoms with van der Waals surface area (Å²) in [6, 6.07) is 20.6. The van der Waals surface area contributed by atoms with E-state index in [-0.39, 0.29) is 23.4 Å². The van der Waals surface area contributed by atoms with Crippen molar-refractivity contribution >= 4 is 27.3 Å². The van der Waals surface area contributed by atoms with Crippen molar-refractivity contribution in [2.75, 3.05) is 15.7 Å². The molecule has 0 saturated carbocycles. The Morgan fingerprint density at radius 1 is 1.00 bits per heavy atom. The van der Waals surface area contributed by atoms with Gasteiger partial charge in [-0.05, 0) is 61.4 Å². The topological polar surface area (TPSA) is 57.7 Å². The van der Waals surface area contributed by atoms with Gasteiger partial charge in [0.1, 0.15) is 12.4 Å². The van der Waals surface area contributed by atoms with Crippen LogP contribution in [0, 0.1) is 5.82 Å². The van der Waals surface area contributed by atoms with Crippen molar-refractivity contribution < 1.29 is 17.6 Å². The zero-order chi connectivity index (χ0) is 21.3. The van der Waals surface area contributed by atoms with Gasteiger partial charge in [-0.15, -0.1) is 0 Å². The molecule has 0 spiro atoms. The molecule has 1 amide bonds. The quantitative estimate of drug-likeness (QED) is 0.622. The molecule has 1 aliphatic rings. The molecule has 0 aromatic heterocycles. The number of hydrogen-bond acceptors (Lipinski definition) is 3. The van der Waals surface area contributed by atoms with Crippen LogP contribution < -0.4 is 9.21 Å². The van der Waals surface area contributed by atoms with E-state index < -0.39 is 15.8 Å². The third kappa shape index (κ3) is 3.68. The maximum absolute atomic E-state index is 13.4. The molecule has 0 N–H and O–H groups in total. The summed E-state index contributed by atoms with van der Waals surface area (Å²) in [6.07, 6.45) is 0.720. The zero-order valence-corrected chi connectivity index (χ0v) is 17.2. The lowest BCUT2D eigenvalue weighted by Gasteiger charge is -2.28. The van der Waals surface area contributed by atoms with Crippen LogP contribution >= 0.6 is 0 Å². The van der Waals surface area contributed by atoms with Crippen LogP contribution in [0.1, 0.15) is 12.5 Å². The van der Waals surface area contributed by atoms with Gasteiger partial charge in [0.15, 0.2) is 0 Å². The maximum Gasteiger partial charge on any atom is 0.264 e. The highest BCUT2D eigenvalue weighted by Gasteiger charge is 2.34. The van der Waals surface area contributed by atoms with E-state index in [0.29, 0.717) is 5.69 Å². The number of sulfonamides is 1. The summed E-state index contributed by atoms with van der Waals surface area (Å²) in [7, 11) is -4.07. The van der Waals surface area contributed by atoms with Crippen LogP contribution in [-0.2, 0) is 21.2 Å². The molecule has 1 atom stereocenters. The Hall–Kier alpha value is -3.19. The van der Waals surface area contributed by atoms with E-state index in [1.54, 1.807) is 35.2 Å². The number of halogens is 1. The number of anilines is 2. The highest BCUT2D eigenvalue weighted by molar-refractivity contribution is 7.92. The minimum Gasteiger partial charge on any atom is -0.307 e. The van der Waals surface area contributed by atoms with Crippen molar-refractivity contribution in [2.45, 2.75) is 24.3 Å². The van der Waals surface area contributed by atoms with Gasteiger partial charge in [0.25, 0.3) is 10.0 Å². The molecule has 154 valence electrons. The molecule has 3 aromatic rings. The van der Waals surface area contributed by atoms with Crippen LogP contribution in [0.3, 0.4) is 0 Å². The van der Waals surface area contributed by atoms with E-state index in [2.05, 4.69) is 0 Å². The first-order valence-electron chi connectivity index (χ1n) is 9.61. The average Bonchev–Trinajstić information content (AvgIpc) is 3.08. The normalized spacial score (nSPS) is 15.7. The number of hydrogen-bond donors (Lipinski definition) is 0. The van der Waals surface area contributed by atoms with Crippen LogP contribution in [0.5, 0.6) is 0 Å². The number of carbonyl (C=O) groups excluding carboxylic acids is 1. The van der Waals surface area contributed by atoms with Crippen LogP contribution in [0.4, 0.5) is 15.8 Å². The van der Waals surface area contributed by atoms with E-state index in [4.69, 9.17) is 0 Å². The van der Waals surface area contributed by atoms with E-state index >= 15 is 0 Å². The second-order valence-corrected chi connectivity index (χ2v) is 9.11. The zero-order valence-electron chi connectivity index (χ0n) is 16.4. The van der Waals surface area contributed by atoms with Gasteiger partial charge < -0.3 is 4.90 Å². The average molecular weight is 424 g/mol. The smallest absolute Gasteiger partial charge is 0.264 e. The lowest BCUT2D eigenvalue weighted by Crippen LogP contribution is -2.45. The van der Waals surface area contributed by atoms with Gasteiger partial charge in [0.2, 0.25) is 5.91 Å². The van der Waals surface area contributed by atoms with Gasteiger partial charge >= 0.3 is 0 Å². The molecule has 0 fully saturated rings. The van der Waals surface area contributed by atoms with Crippen molar-refractivity contribution in [3.05, 3.63) is 90.2 Å². The minimum atomic E-state index is -4.07. The number of para-hydroxylation sites is 2. The Bertz CT molecular complexity index is 1160. The summed E-state index contributed by atoms with van der Waals surface area (Å²) >= 11 is 0. The molecule has 3 aromatic carbocycles. The van der Waals surface area contributed by atoms with Gasteiger partial charge in [-0.1, -0.05) is 36.4 Å². The van der Waals surface area contributed by atoms with E-state index in [9.17, 15) is 17.6 Å². The van der Waals surface area contributed by atoms with E-state index in [0.717, 1.165) is 34.1 Å². The molecular weight excluding hydrogens is 403 g/mol. The van der Waals surface area contributed by atoms with Crippen LogP contribution in [-0.4, -0.2) is 26.9 Å². The fourth-order valence-corrected chi connectivity index (χ4v) is 5.20. The Morgan fingerprint density at radius 2 is 1.63 bits per heavy atom. The summed E-state index contributed by atoms with van der Waals surface area (Å²) in [6.45, 7) is 1.58. The second kappa shape index (κ2) is 7.91. The predicted octanol–water partition coefficient (Wildman–Crippen LogP) is 4.00. The van der Waals surface area contributed by atoms with E-state index in [1.165, 1.54) is 12.1 Å². The van der Waals surface area contributed by atoms with Gasteiger partial charge in [-0.2, -0.15) is 0 Å². The molecule has 0 bridgehead atoms. The largest absolute Gasteiger partial charge is 0.307 e. The molecule has 0 radical (unpaired) electrons. The summed E-state index contributed by atoms with van der Waals surface area (Å²) in [4.78, 5) is 14.9. The van der Waals surface area contributed by atoms with Crippen molar-refractivity contribution in [2.24, 2.45) is 0 Å². The van der Waals surface area contributed by atoms with Gasteiger partial charge in [0, 0.05) is 11.7 Å². The number of rotatable bonds is 5. The molecular formula is C23H21FN2O3S. The lowest BCUT2D eigenvalue weighted by atomic mass is 10.1. The summed E-state index contributed by atoms with van der Waals surface area (Å²) < 4.78 is 41.1. The van der Waals surface area contributed by atoms with Gasteiger partial charge in [-0.3, -0.25) is 9.10 Å². The lowest BCUT2D eigenvalue weighted by molar-refractivity contribution is -0.117. The Morgan fingerprint density at radius 3 is 2.33 bits per heavy atom. The van der Waals surface area contributed by atoms with Crippen molar-refractivity contribution in [3.8, 4) is 0 Å². The molecule has 0 aliphatic carbocycles. The molecule has 1 aliphatic heterocycles. The molecule has 4 rings (SSSR count). The fourth-order valence-electron chi connectivity index (χ4n) is 3.79. The SMILES string of the molecule is CC1Cc2ccccc2N1C(=O)CN(c1ccccc1)S(=O)(=O)c1ccc(F)cc1. The highest BCUT2D eigenvalue weighted by Crippen LogP contribution is 2.33. The monoisotopic (exact) mass is 424 g/mol. The summed E-state index contributed by atoms with van der Waals surface area (Å²) in [5.41, 5.74) is 2.24. The van der Waals surface area contributed by atoms with E-state index in [1.807, 2.05) is 31.2 Å². The molecule has 5 nitrogen and oxygen atoms in total. The third-order valence-electron chi connectivity index (χ3n) is 5.20. The van der Waals surface area contributed by atoms with Crippen LogP contribution in [0.2, 0.25) is 0 Å². The Labute approximate surface area is 175 Å². The third-order valence-corrected chi connectivity index (χ3v) is 6.99. The number of benzene rings is 3. The first-order valence-corrected chi connectivity index (χ1v) is 11.1. The molecule has 0 saturated heterocycles. The fraction of sp³-hybridized carbons (Fsp3) is 0.174. The predicted molar refractivity (Wildman–Crippen MR) is 114 cm³/mol. The van der Waals surface area contributed by atoms with Crippen molar-refractivity contribution in [1.82, 2.24) is 0 Å². The molecule has 1 unspecified atom stereocenters. The summed E-state index contributed by atoms with van der Waals surface area (Å²) in [5, 5.41) is 0. The first-order chi connectivity index (χ1) is 14.4. The highest BCUT2D eigenvalue weighted by atomic mass is 32.2. The number of amides is 1. The van der Waals surface area contributed by atoms with Crippen LogP contribution in [0.15, 0.2) is 83.8 Å². The number of nitrogens with zero attached hydrogens (tertiary/aromatic N) is 2. The Kier molecular flexibility index (Phi) is 5.30. The summed E-state index contributed by atoms with van der Waals surface area (Å²) in [5.74, 6) is -0.847.